The van der Waals surface area contributed by atoms with E-state index < -0.39 is 85.4 Å². The molecule has 2 unspecified atom stereocenters. The van der Waals surface area contributed by atoms with Gasteiger partial charge in [-0.1, -0.05) is 12.1 Å². The number of carbonyl (C=O) groups excluding carboxylic acids is 1. The average Bonchev–Trinajstić information content (AvgIpc) is 3.46. The Bertz CT molecular complexity index is 1210. The monoisotopic (exact) mass is 530 g/mol. The number of nitrogens with two attached hydrogens (primary N) is 1. The van der Waals surface area contributed by atoms with Gasteiger partial charge in [0.1, 0.15) is 10.8 Å². The quantitative estimate of drug-likeness (QED) is 0.544. The van der Waals surface area contributed by atoms with Crippen LogP contribution in [-0.2, 0) is 35.1 Å². The molecule has 2 aliphatic carbocycles. The summed E-state index contributed by atoms with van der Waals surface area (Å²) in [5.41, 5.74) is 0.235. The minimum absolute atomic E-state index is 0.204. The molecule has 0 spiro atoms. The molecule has 3 aliphatic rings. The Morgan fingerprint density at radius 3 is 2.36 bits per heavy atom. The molecule has 1 saturated heterocycles. The molecule has 1 amide bonds. The molecule has 3 N–H and O–H groups in total. The first-order valence-corrected chi connectivity index (χ1v) is 12.9. The van der Waals surface area contributed by atoms with Crippen molar-refractivity contribution in [3.63, 3.8) is 0 Å². The maximum absolute atomic E-state index is 13.6. The Morgan fingerprint density at radius 2 is 1.83 bits per heavy atom. The van der Waals surface area contributed by atoms with Crippen LogP contribution in [0.5, 0.6) is 0 Å². The number of hydrogen-bond donors (Lipinski definition) is 2. The first-order valence-electron chi connectivity index (χ1n) is 11.4. The lowest BCUT2D eigenvalue weighted by Gasteiger charge is -2.35. The standard InChI is InChI=1S/C23H25F3N2O7S/c24-23(25,26)15-3-1-2-4-16(15)36(32,33)14-9-18(35-13-5-7-34-8-6-13)22(10-14,20(30)31)17-11-21(17,12-27)19(28)29/h1-4,13-14,17-18H,5-11H2,(H2,28,29)(H,30,31)/t14-,17?,18+,21?,22+/m0/s1. The van der Waals surface area contributed by atoms with Crippen molar-refractivity contribution in [2.75, 3.05) is 13.2 Å². The number of nitriles is 1. The van der Waals surface area contributed by atoms with Gasteiger partial charge in [0.15, 0.2) is 9.84 Å². The molecular weight excluding hydrogens is 505 g/mol. The van der Waals surface area contributed by atoms with Gasteiger partial charge < -0.3 is 20.3 Å². The summed E-state index contributed by atoms with van der Waals surface area (Å²) in [6.45, 7) is 0.677. The van der Waals surface area contributed by atoms with E-state index in [-0.39, 0.29) is 6.42 Å². The van der Waals surface area contributed by atoms with Gasteiger partial charge in [0.2, 0.25) is 5.91 Å². The van der Waals surface area contributed by atoms with E-state index in [2.05, 4.69) is 0 Å². The number of alkyl halides is 3. The summed E-state index contributed by atoms with van der Waals surface area (Å²) in [6, 6.07) is 5.50. The second kappa shape index (κ2) is 9.00. The fraction of sp³-hybridized carbons (Fsp3) is 0.609. The molecule has 4 rings (SSSR count). The number of benzene rings is 1. The zero-order valence-corrected chi connectivity index (χ0v) is 19.8. The van der Waals surface area contributed by atoms with Gasteiger partial charge in [-0.25, -0.2) is 8.42 Å². The highest BCUT2D eigenvalue weighted by Gasteiger charge is 2.75. The highest BCUT2D eigenvalue weighted by molar-refractivity contribution is 7.92. The summed E-state index contributed by atoms with van der Waals surface area (Å²) in [5, 5.41) is 18.5. The third-order valence-electron chi connectivity index (χ3n) is 7.70. The first-order chi connectivity index (χ1) is 16.8. The number of nitrogens with zero attached hydrogens (tertiary/aromatic N) is 1. The van der Waals surface area contributed by atoms with Crippen LogP contribution in [-0.4, -0.2) is 56.1 Å². The molecule has 0 aromatic heterocycles. The second-order valence-corrected chi connectivity index (χ2v) is 11.8. The van der Waals surface area contributed by atoms with Crippen LogP contribution in [0.1, 0.15) is 37.7 Å². The summed E-state index contributed by atoms with van der Waals surface area (Å²) < 4.78 is 79.3. The molecule has 9 nitrogen and oxygen atoms in total. The highest BCUT2D eigenvalue weighted by atomic mass is 32.2. The lowest BCUT2D eigenvalue weighted by molar-refractivity contribution is -0.168. The number of carboxylic acids is 1. The van der Waals surface area contributed by atoms with Crippen LogP contribution >= 0.6 is 0 Å². The summed E-state index contributed by atoms with van der Waals surface area (Å²) in [4.78, 5) is 23.9. The maximum atomic E-state index is 13.6. The lowest BCUT2D eigenvalue weighted by atomic mass is 9.75. The Balaban J connectivity index is 1.78. The van der Waals surface area contributed by atoms with Crippen molar-refractivity contribution >= 4 is 21.7 Å². The lowest BCUT2D eigenvalue weighted by Crippen LogP contribution is -2.46. The Morgan fingerprint density at radius 1 is 1.19 bits per heavy atom. The number of rotatable bonds is 7. The van der Waals surface area contributed by atoms with Gasteiger partial charge in [-0.2, -0.15) is 18.4 Å². The second-order valence-electron chi connectivity index (χ2n) is 9.59. The number of sulfone groups is 1. The fourth-order valence-electron chi connectivity index (χ4n) is 5.70. The number of primary amides is 1. The van der Waals surface area contributed by atoms with Crippen molar-refractivity contribution in [3.05, 3.63) is 29.8 Å². The number of amides is 1. The van der Waals surface area contributed by atoms with Crippen molar-refractivity contribution in [2.45, 2.75) is 60.6 Å². The number of halogens is 3. The Labute approximate surface area is 205 Å². The van der Waals surface area contributed by atoms with Crippen LogP contribution in [0.25, 0.3) is 0 Å². The molecule has 196 valence electrons. The van der Waals surface area contributed by atoms with E-state index in [1.54, 1.807) is 6.07 Å². The van der Waals surface area contributed by atoms with Gasteiger partial charge in [-0.15, -0.1) is 0 Å². The van der Waals surface area contributed by atoms with E-state index in [1.807, 2.05) is 0 Å². The largest absolute Gasteiger partial charge is 0.481 e. The van der Waals surface area contributed by atoms with Crippen LogP contribution < -0.4 is 5.73 Å². The first kappa shape index (κ1) is 26.4. The molecule has 2 saturated carbocycles. The summed E-state index contributed by atoms with van der Waals surface area (Å²) >= 11 is 0. The van der Waals surface area contributed by atoms with Crippen LogP contribution in [0.3, 0.4) is 0 Å². The topological polar surface area (TPSA) is 157 Å². The van der Waals surface area contributed by atoms with Crippen LogP contribution in [0.4, 0.5) is 13.2 Å². The smallest absolute Gasteiger partial charge is 0.417 e. The summed E-state index contributed by atoms with van der Waals surface area (Å²) in [5.74, 6) is -3.66. The SMILES string of the molecule is N#CC1(C(N)=O)CC1[C@]1(C(=O)O)C[C@@H](S(=O)(=O)c2ccccc2C(F)(F)F)C[C@H]1OC1CCOCC1. The van der Waals surface area contributed by atoms with E-state index in [0.717, 1.165) is 18.2 Å². The van der Waals surface area contributed by atoms with Crippen LogP contribution in [0, 0.1) is 28.1 Å². The predicted molar refractivity (Wildman–Crippen MR) is 116 cm³/mol. The molecule has 1 aliphatic heterocycles. The number of hydrogen-bond acceptors (Lipinski definition) is 7. The summed E-state index contributed by atoms with van der Waals surface area (Å²) in [7, 11) is -4.69. The zero-order valence-electron chi connectivity index (χ0n) is 19.0. The van der Waals surface area contributed by atoms with E-state index in [0.29, 0.717) is 32.1 Å². The van der Waals surface area contributed by atoms with Crippen molar-refractivity contribution in [1.82, 2.24) is 0 Å². The number of ether oxygens (including phenoxy) is 2. The molecule has 3 fully saturated rings. The molecule has 5 atom stereocenters. The normalized spacial score (nSPS) is 33.1. The van der Waals surface area contributed by atoms with Crippen molar-refractivity contribution in [1.29, 1.82) is 5.26 Å². The van der Waals surface area contributed by atoms with Gasteiger partial charge >= 0.3 is 12.1 Å². The van der Waals surface area contributed by atoms with E-state index >= 15 is 0 Å². The number of aliphatic carboxylic acids is 1. The molecular formula is C23H25F3N2O7S. The van der Waals surface area contributed by atoms with E-state index in [9.17, 15) is 41.5 Å². The van der Waals surface area contributed by atoms with Crippen molar-refractivity contribution in [2.24, 2.45) is 22.5 Å². The van der Waals surface area contributed by atoms with Gasteiger partial charge in [0, 0.05) is 19.1 Å². The minimum Gasteiger partial charge on any atom is -0.481 e. The predicted octanol–water partition coefficient (Wildman–Crippen LogP) is 2.29. The zero-order chi connectivity index (χ0) is 26.5. The average molecular weight is 531 g/mol. The third-order valence-corrected chi connectivity index (χ3v) is 9.91. The Hall–Kier alpha value is -2.69. The molecule has 13 heteroatoms. The molecule has 1 aromatic rings. The van der Waals surface area contributed by atoms with Gasteiger partial charge in [-0.05, 0) is 44.2 Å². The van der Waals surface area contributed by atoms with Crippen LogP contribution in [0.15, 0.2) is 29.2 Å². The molecule has 1 heterocycles. The van der Waals surface area contributed by atoms with E-state index in [1.165, 1.54) is 0 Å². The number of carbonyl (C=O) groups is 2. The van der Waals surface area contributed by atoms with Gasteiger partial charge in [0.05, 0.1) is 34.0 Å². The Kier molecular flexibility index (Phi) is 6.60. The molecule has 0 bridgehead atoms. The molecule has 36 heavy (non-hydrogen) atoms. The van der Waals surface area contributed by atoms with Crippen molar-refractivity contribution in [3.8, 4) is 6.07 Å². The van der Waals surface area contributed by atoms with Crippen LogP contribution in [0.2, 0.25) is 0 Å². The fourth-order valence-corrected chi connectivity index (χ4v) is 7.74. The highest BCUT2D eigenvalue weighted by Crippen LogP contribution is 2.67. The minimum atomic E-state index is -4.96. The van der Waals surface area contributed by atoms with Gasteiger partial charge in [0.25, 0.3) is 0 Å². The third kappa shape index (κ3) is 4.14. The number of carboxylic acid groups (broad SMARTS) is 1. The van der Waals surface area contributed by atoms with Crippen molar-refractivity contribution < 1.29 is 45.8 Å². The molecule has 0 radical (unpaired) electrons. The molecule has 1 aromatic carbocycles. The summed E-state index contributed by atoms with van der Waals surface area (Å²) in [6.07, 6.45) is -7.12. The van der Waals surface area contributed by atoms with E-state index in [4.69, 9.17) is 15.2 Å². The maximum Gasteiger partial charge on any atom is 0.417 e. The van der Waals surface area contributed by atoms with Gasteiger partial charge in [-0.3, -0.25) is 9.59 Å².